The molecule has 2 aliphatic carbocycles. The van der Waals surface area contributed by atoms with Crippen molar-refractivity contribution in [3.8, 4) is 44.5 Å². The average molecular weight is 669 g/mol. The molecular weight excluding hydrogens is 625 g/mol. The van der Waals surface area contributed by atoms with Gasteiger partial charge in [-0.3, -0.25) is 0 Å². The van der Waals surface area contributed by atoms with Gasteiger partial charge < -0.3 is 0 Å². The first-order valence-corrected chi connectivity index (χ1v) is 18.9. The van der Waals surface area contributed by atoms with E-state index >= 15 is 0 Å². The molecule has 0 heteroatoms. The summed E-state index contributed by atoms with van der Waals surface area (Å²) in [6.45, 7) is 8.90. The fraction of sp³-hybridized carbons (Fsp3) is 0.154. The Balaban J connectivity index is 1.41. The van der Waals surface area contributed by atoms with Crippen LogP contribution < -0.4 is 0 Å². The Hall–Kier alpha value is -5.72. The highest BCUT2D eigenvalue weighted by atomic mass is 14.4. The standard InChI is InChI=1S/C52H44/c1-5-17-36(6-2)47-40-23-12-13-24-41(40)48(37-19-8-7-9-20-37)51-44-28-29-46(42-25-16-26-43(49(42)44)50(47)51)52(32-30-34(3)31-33-52)45-27-15-14-22-39(45)38-21-11-10-18-35(38)4/h5-30,32,34H,31,33H2,1-4H3/b17-5-,36-6+/t34?,52-/m1/s1. The molecule has 7 aromatic rings. The summed E-state index contributed by atoms with van der Waals surface area (Å²) in [5, 5.41) is 5.32. The summed E-state index contributed by atoms with van der Waals surface area (Å²) in [6.07, 6.45) is 14.0. The molecule has 0 spiro atoms. The van der Waals surface area contributed by atoms with Crippen LogP contribution in [0.5, 0.6) is 0 Å². The molecule has 1 unspecified atom stereocenters. The minimum atomic E-state index is -0.271. The second kappa shape index (κ2) is 12.8. The molecule has 7 aromatic carbocycles. The number of allylic oxidation sites excluding steroid dienone is 6. The number of benzene rings is 7. The van der Waals surface area contributed by atoms with Gasteiger partial charge >= 0.3 is 0 Å². The van der Waals surface area contributed by atoms with Gasteiger partial charge in [0.15, 0.2) is 0 Å². The molecule has 52 heavy (non-hydrogen) atoms. The molecule has 0 radical (unpaired) electrons. The molecule has 0 bridgehead atoms. The molecule has 0 amide bonds. The first kappa shape index (κ1) is 32.2. The van der Waals surface area contributed by atoms with E-state index in [1.807, 2.05) is 0 Å². The van der Waals surface area contributed by atoms with Crippen LogP contribution in [0.2, 0.25) is 0 Å². The third-order valence-electron chi connectivity index (χ3n) is 11.8. The van der Waals surface area contributed by atoms with Gasteiger partial charge in [-0.1, -0.05) is 171 Å². The fourth-order valence-electron chi connectivity index (χ4n) is 9.44. The Morgan fingerprint density at radius 2 is 1.27 bits per heavy atom. The van der Waals surface area contributed by atoms with E-state index in [1.54, 1.807) is 0 Å². The number of aryl methyl sites for hydroxylation is 1. The van der Waals surface area contributed by atoms with E-state index < -0.39 is 0 Å². The topological polar surface area (TPSA) is 0 Å². The van der Waals surface area contributed by atoms with Crippen molar-refractivity contribution in [2.45, 2.75) is 46.0 Å². The third kappa shape index (κ3) is 4.81. The van der Waals surface area contributed by atoms with E-state index in [1.165, 1.54) is 93.9 Å². The molecule has 2 aliphatic rings. The van der Waals surface area contributed by atoms with Crippen molar-refractivity contribution in [2.24, 2.45) is 5.92 Å². The zero-order valence-corrected chi connectivity index (χ0v) is 30.6. The average Bonchev–Trinajstić information content (AvgIpc) is 3.52. The molecule has 0 saturated carbocycles. The first-order chi connectivity index (χ1) is 25.6. The highest BCUT2D eigenvalue weighted by Crippen LogP contribution is 2.59. The summed E-state index contributed by atoms with van der Waals surface area (Å²) in [6, 6.07) is 50.2. The van der Waals surface area contributed by atoms with Crippen molar-refractivity contribution >= 4 is 27.1 Å². The predicted octanol–water partition coefficient (Wildman–Crippen LogP) is 14.5. The molecule has 9 rings (SSSR count). The Kier molecular flexibility index (Phi) is 7.93. The zero-order valence-electron chi connectivity index (χ0n) is 30.6. The van der Waals surface area contributed by atoms with Crippen molar-refractivity contribution in [1.29, 1.82) is 0 Å². The molecule has 0 N–H and O–H groups in total. The minimum Gasteiger partial charge on any atom is -0.0871 e. The van der Waals surface area contributed by atoms with E-state index in [9.17, 15) is 0 Å². The summed E-state index contributed by atoms with van der Waals surface area (Å²) >= 11 is 0. The van der Waals surface area contributed by atoms with E-state index in [-0.39, 0.29) is 5.41 Å². The minimum absolute atomic E-state index is 0.271. The summed E-state index contributed by atoms with van der Waals surface area (Å²) in [5.41, 5.74) is 17.0. The molecule has 0 aromatic heterocycles. The van der Waals surface area contributed by atoms with Crippen LogP contribution >= 0.6 is 0 Å². The van der Waals surface area contributed by atoms with Crippen LogP contribution in [-0.4, -0.2) is 0 Å². The Morgan fingerprint density at radius 1 is 0.596 bits per heavy atom. The van der Waals surface area contributed by atoms with E-state index in [2.05, 4.69) is 192 Å². The second-order valence-electron chi connectivity index (χ2n) is 14.8. The first-order valence-electron chi connectivity index (χ1n) is 18.9. The van der Waals surface area contributed by atoms with Crippen LogP contribution in [-0.2, 0) is 5.41 Å². The van der Waals surface area contributed by atoms with Gasteiger partial charge in [-0.25, -0.2) is 0 Å². The van der Waals surface area contributed by atoms with Crippen LogP contribution in [0.3, 0.4) is 0 Å². The van der Waals surface area contributed by atoms with Gasteiger partial charge in [-0.05, 0) is 133 Å². The van der Waals surface area contributed by atoms with Gasteiger partial charge in [-0.2, -0.15) is 0 Å². The van der Waals surface area contributed by atoms with Gasteiger partial charge in [0.05, 0.1) is 0 Å². The predicted molar refractivity (Wildman–Crippen MR) is 225 cm³/mol. The molecule has 0 nitrogen and oxygen atoms in total. The SMILES string of the molecule is C/C=C\C(=C/C)c1c2c(c(-c3ccccc3)c3ccccc13)-c1ccc([C@]3(c4ccccc4-c4ccccc4C)C=CC(C)CC3)c3cccc-2c13. The summed E-state index contributed by atoms with van der Waals surface area (Å²) in [5.74, 6) is 0.550. The normalized spacial score (nSPS) is 18.1. The van der Waals surface area contributed by atoms with Crippen molar-refractivity contribution in [1.82, 2.24) is 0 Å². The monoisotopic (exact) mass is 668 g/mol. The zero-order chi connectivity index (χ0) is 35.4. The molecule has 0 saturated heterocycles. The fourth-order valence-corrected chi connectivity index (χ4v) is 9.44. The van der Waals surface area contributed by atoms with Gasteiger partial charge in [0.25, 0.3) is 0 Å². The van der Waals surface area contributed by atoms with E-state index in [0.717, 1.165) is 12.8 Å². The Labute approximate surface area is 308 Å². The maximum Gasteiger partial charge on any atom is 0.0394 e. The lowest BCUT2D eigenvalue weighted by Crippen LogP contribution is -2.30. The molecule has 252 valence electrons. The van der Waals surface area contributed by atoms with Gasteiger partial charge in [0.2, 0.25) is 0 Å². The maximum absolute atomic E-state index is 2.56. The van der Waals surface area contributed by atoms with Crippen LogP contribution in [0.4, 0.5) is 0 Å². The number of fused-ring (bicyclic) bond motifs is 4. The molecular formula is C52H44. The van der Waals surface area contributed by atoms with Crippen molar-refractivity contribution in [2.75, 3.05) is 0 Å². The smallest absolute Gasteiger partial charge is 0.0394 e. The van der Waals surface area contributed by atoms with Crippen LogP contribution in [0.15, 0.2) is 164 Å². The van der Waals surface area contributed by atoms with Gasteiger partial charge in [0, 0.05) is 5.41 Å². The number of hydrogen-bond acceptors (Lipinski definition) is 0. The summed E-state index contributed by atoms with van der Waals surface area (Å²) in [7, 11) is 0. The van der Waals surface area contributed by atoms with Crippen molar-refractivity contribution < 1.29 is 0 Å². The molecule has 0 fully saturated rings. The van der Waals surface area contributed by atoms with Gasteiger partial charge in [0.1, 0.15) is 0 Å². The third-order valence-corrected chi connectivity index (χ3v) is 11.8. The van der Waals surface area contributed by atoms with Crippen molar-refractivity contribution in [3.63, 3.8) is 0 Å². The molecule has 0 aliphatic heterocycles. The summed E-state index contributed by atoms with van der Waals surface area (Å²) in [4.78, 5) is 0. The Morgan fingerprint density at radius 3 is 2.02 bits per heavy atom. The van der Waals surface area contributed by atoms with E-state index in [4.69, 9.17) is 0 Å². The summed E-state index contributed by atoms with van der Waals surface area (Å²) < 4.78 is 0. The lowest BCUT2D eigenvalue weighted by molar-refractivity contribution is 0.470. The van der Waals surface area contributed by atoms with Crippen molar-refractivity contribution in [3.05, 3.63) is 186 Å². The van der Waals surface area contributed by atoms with Crippen LogP contribution in [0, 0.1) is 12.8 Å². The lowest BCUT2D eigenvalue weighted by atomic mass is 9.64. The number of rotatable bonds is 6. The maximum atomic E-state index is 2.56. The number of hydrogen-bond donors (Lipinski definition) is 0. The quantitative estimate of drug-likeness (QED) is 0.122. The van der Waals surface area contributed by atoms with Crippen LogP contribution in [0.1, 0.15) is 55.9 Å². The highest BCUT2D eigenvalue weighted by Gasteiger charge is 2.39. The second-order valence-corrected chi connectivity index (χ2v) is 14.8. The highest BCUT2D eigenvalue weighted by molar-refractivity contribution is 6.26. The van der Waals surface area contributed by atoms with E-state index in [0.29, 0.717) is 5.92 Å². The largest absolute Gasteiger partial charge is 0.0871 e. The molecule has 0 heterocycles. The van der Waals surface area contributed by atoms with Gasteiger partial charge in [-0.15, -0.1) is 0 Å². The molecule has 2 atom stereocenters. The Bertz CT molecular complexity index is 2610. The van der Waals surface area contributed by atoms with Crippen LogP contribution in [0.25, 0.3) is 71.6 Å². The lowest BCUT2D eigenvalue weighted by Gasteiger charge is -2.39.